The summed E-state index contributed by atoms with van der Waals surface area (Å²) in [4.78, 5) is 13.4. The van der Waals surface area contributed by atoms with E-state index in [1.807, 2.05) is 49.6 Å². The summed E-state index contributed by atoms with van der Waals surface area (Å²) in [6.07, 6.45) is 3.02. The van der Waals surface area contributed by atoms with Crippen LogP contribution in [0, 0.1) is 0 Å². The molecule has 0 saturated carbocycles. The van der Waals surface area contributed by atoms with Gasteiger partial charge >= 0.3 is 0 Å². The Kier molecular flexibility index (Phi) is 5.90. The second kappa shape index (κ2) is 7.90. The van der Waals surface area contributed by atoms with E-state index in [-0.39, 0.29) is 11.9 Å². The fourth-order valence-electron chi connectivity index (χ4n) is 2.14. The molecule has 4 heteroatoms. The maximum atomic E-state index is 12.3. The number of carbonyl (C=O) groups excluding carboxylic acids is 1. The third-order valence-corrected chi connectivity index (χ3v) is 4.30. The van der Waals surface area contributed by atoms with E-state index in [4.69, 9.17) is 0 Å². The molecule has 2 aromatic rings. The Morgan fingerprint density at radius 1 is 1.14 bits per heavy atom. The Hall–Kier alpha value is -1.94. The summed E-state index contributed by atoms with van der Waals surface area (Å²) in [5, 5.41) is 6.21. The first-order valence-corrected chi connectivity index (χ1v) is 8.66. The molecule has 1 amide bonds. The minimum Gasteiger partial charge on any atom is -0.374 e. The van der Waals surface area contributed by atoms with Gasteiger partial charge in [0.1, 0.15) is 6.04 Å². The lowest BCUT2D eigenvalue weighted by Gasteiger charge is -2.16. The lowest BCUT2D eigenvalue weighted by Crippen LogP contribution is -2.32. The van der Waals surface area contributed by atoms with Crippen LogP contribution in [0.25, 0.3) is 0 Å². The first kappa shape index (κ1) is 16.4. The summed E-state index contributed by atoms with van der Waals surface area (Å²) in [5.74, 6) is -0.0407. The highest BCUT2D eigenvalue weighted by molar-refractivity contribution is 7.98. The van der Waals surface area contributed by atoms with Crippen molar-refractivity contribution in [2.45, 2.75) is 31.2 Å². The Morgan fingerprint density at radius 3 is 2.45 bits per heavy atom. The minimum absolute atomic E-state index is 0.0407. The van der Waals surface area contributed by atoms with Crippen molar-refractivity contribution in [3.63, 3.8) is 0 Å². The summed E-state index contributed by atoms with van der Waals surface area (Å²) in [6.45, 7) is 3.99. The molecule has 2 N–H and O–H groups in total. The summed E-state index contributed by atoms with van der Waals surface area (Å²) in [6, 6.07) is 15.7. The van der Waals surface area contributed by atoms with Crippen molar-refractivity contribution in [1.29, 1.82) is 0 Å². The molecule has 0 bridgehead atoms. The Balaban J connectivity index is 1.99. The van der Waals surface area contributed by atoms with Gasteiger partial charge in [0.05, 0.1) is 5.69 Å². The van der Waals surface area contributed by atoms with Crippen molar-refractivity contribution in [3.8, 4) is 0 Å². The lowest BCUT2D eigenvalue weighted by molar-refractivity contribution is -0.116. The zero-order valence-electron chi connectivity index (χ0n) is 13.2. The van der Waals surface area contributed by atoms with Crippen molar-refractivity contribution in [2.75, 3.05) is 16.9 Å². The Labute approximate surface area is 136 Å². The highest BCUT2D eigenvalue weighted by Crippen LogP contribution is 2.24. The molecule has 116 valence electrons. The molecular weight excluding hydrogens is 292 g/mol. The van der Waals surface area contributed by atoms with E-state index in [0.29, 0.717) is 0 Å². The number of para-hydroxylation sites is 1. The van der Waals surface area contributed by atoms with E-state index >= 15 is 0 Å². The van der Waals surface area contributed by atoms with E-state index in [9.17, 15) is 4.79 Å². The quantitative estimate of drug-likeness (QED) is 0.776. The molecule has 0 saturated heterocycles. The van der Waals surface area contributed by atoms with Gasteiger partial charge in [-0.25, -0.2) is 0 Å². The maximum Gasteiger partial charge on any atom is 0.246 e. The molecule has 0 aliphatic rings. The number of rotatable bonds is 6. The highest BCUT2D eigenvalue weighted by Gasteiger charge is 2.14. The number of carbonyl (C=O) groups is 1. The van der Waals surface area contributed by atoms with E-state index in [2.05, 4.69) is 29.7 Å². The van der Waals surface area contributed by atoms with Crippen molar-refractivity contribution in [1.82, 2.24) is 0 Å². The van der Waals surface area contributed by atoms with Gasteiger partial charge in [0, 0.05) is 10.6 Å². The fourth-order valence-corrected chi connectivity index (χ4v) is 2.69. The molecule has 0 aliphatic heterocycles. The van der Waals surface area contributed by atoms with Crippen LogP contribution in [0.5, 0.6) is 0 Å². The molecular formula is C18H22N2OS. The average molecular weight is 314 g/mol. The predicted octanol–water partition coefficient (Wildman–Crippen LogP) is 4.41. The second-order valence-corrected chi connectivity index (χ2v) is 5.95. The zero-order valence-corrected chi connectivity index (χ0v) is 14.0. The molecule has 2 aromatic carbocycles. The van der Waals surface area contributed by atoms with Gasteiger partial charge < -0.3 is 10.6 Å². The maximum absolute atomic E-state index is 12.3. The van der Waals surface area contributed by atoms with E-state index in [0.717, 1.165) is 22.7 Å². The van der Waals surface area contributed by atoms with Crippen molar-refractivity contribution < 1.29 is 4.79 Å². The van der Waals surface area contributed by atoms with Crippen LogP contribution in [0.2, 0.25) is 0 Å². The largest absolute Gasteiger partial charge is 0.374 e. The minimum atomic E-state index is -0.303. The van der Waals surface area contributed by atoms with Gasteiger partial charge in [-0.05, 0) is 49.4 Å². The van der Waals surface area contributed by atoms with Crippen LogP contribution in [0.1, 0.15) is 19.4 Å². The third kappa shape index (κ3) is 4.28. The molecule has 0 heterocycles. The molecule has 1 atom stereocenters. The number of benzene rings is 2. The molecule has 0 aliphatic carbocycles. The standard InChI is InChI=1S/C18H22N2OS/c1-4-14-9-11-15(12-10-14)19-13(2)18(21)20-16-7-5-6-8-17(16)22-3/h5-13,19H,4H2,1-3H3,(H,20,21)/t13-/m0/s1. The molecule has 0 spiro atoms. The molecule has 2 rings (SSSR count). The normalized spacial score (nSPS) is 11.8. The topological polar surface area (TPSA) is 41.1 Å². The van der Waals surface area contributed by atoms with Crippen LogP contribution < -0.4 is 10.6 Å². The van der Waals surface area contributed by atoms with Gasteiger partial charge in [0.2, 0.25) is 5.91 Å². The smallest absolute Gasteiger partial charge is 0.246 e. The van der Waals surface area contributed by atoms with Gasteiger partial charge in [0.15, 0.2) is 0 Å². The number of aryl methyl sites for hydroxylation is 1. The number of hydrogen-bond acceptors (Lipinski definition) is 3. The molecule has 0 fully saturated rings. The number of amides is 1. The SMILES string of the molecule is CCc1ccc(N[C@@H](C)C(=O)Nc2ccccc2SC)cc1. The monoisotopic (exact) mass is 314 g/mol. The Bertz CT molecular complexity index is 625. The van der Waals surface area contributed by atoms with Gasteiger partial charge in [-0.15, -0.1) is 11.8 Å². The van der Waals surface area contributed by atoms with Crippen molar-refractivity contribution in [3.05, 3.63) is 54.1 Å². The van der Waals surface area contributed by atoms with Gasteiger partial charge in [-0.3, -0.25) is 4.79 Å². The van der Waals surface area contributed by atoms with Crippen LogP contribution in [-0.4, -0.2) is 18.2 Å². The molecule has 0 aromatic heterocycles. The van der Waals surface area contributed by atoms with Crippen molar-refractivity contribution in [2.24, 2.45) is 0 Å². The number of hydrogen-bond donors (Lipinski definition) is 2. The number of nitrogens with one attached hydrogen (secondary N) is 2. The van der Waals surface area contributed by atoms with E-state index in [1.165, 1.54) is 5.56 Å². The zero-order chi connectivity index (χ0) is 15.9. The van der Waals surface area contributed by atoms with Crippen LogP contribution in [0.15, 0.2) is 53.4 Å². The first-order valence-electron chi connectivity index (χ1n) is 7.43. The number of thioether (sulfide) groups is 1. The summed E-state index contributed by atoms with van der Waals surface area (Å²) < 4.78 is 0. The summed E-state index contributed by atoms with van der Waals surface area (Å²) in [5.41, 5.74) is 3.10. The van der Waals surface area contributed by atoms with Gasteiger partial charge in [-0.2, -0.15) is 0 Å². The molecule has 0 radical (unpaired) electrons. The van der Waals surface area contributed by atoms with E-state index in [1.54, 1.807) is 11.8 Å². The molecule has 22 heavy (non-hydrogen) atoms. The lowest BCUT2D eigenvalue weighted by atomic mass is 10.1. The third-order valence-electron chi connectivity index (χ3n) is 3.50. The molecule has 3 nitrogen and oxygen atoms in total. The van der Waals surface area contributed by atoms with Crippen LogP contribution in [0.4, 0.5) is 11.4 Å². The number of anilines is 2. The fraction of sp³-hybridized carbons (Fsp3) is 0.278. The van der Waals surface area contributed by atoms with Crippen LogP contribution in [0.3, 0.4) is 0 Å². The average Bonchev–Trinajstić information content (AvgIpc) is 2.56. The Morgan fingerprint density at radius 2 is 1.82 bits per heavy atom. The highest BCUT2D eigenvalue weighted by atomic mass is 32.2. The molecule has 0 unspecified atom stereocenters. The summed E-state index contributed by atoms with van der Waals surface area (Å²) >= 11 is 1.62. The second-order valence-electron chi connectivity index (χ2n) is 5.11. The van der Waals surface area contributed by atoms with Gasteiger partial charge in [0.25, 0.3) is 0 Å². The predicted molar refractivity (Wildman–Crippen MR) is 95.8 cm³/mol. The summed E-state index contributed by atoms with van der Waals surface area (Å²) in [7, 11) is 0. The van der Waals surface area contributed by atoms with E-state index < -0.39 is 0 Å². The van der Waals surface area contributed by atoms with Crippen LogP contribution >= 0.6 is 11.8 Å². The first-order chi connectivity index (χ1) is 10.6. The van der Waals surface area contributed by atoms with Gasteiger partial charge in [-0.1, -0.05) is 31.2 Å². The van der Waals surface area contributed by atoms with Crippen LogP contribution in [-0.2, 0) is 11.2 Å². The van der Waals surface area contributed by atoms with Crippen molar-refractivity contribution >= 4 is 29.0 Å².